The highest BCUT2D eigenvalue weighted by Gasteiger charge is 2.05. The number of rotatable bonds is 3. The van der Waals surface area contributed by atoms with E-state index in [1.165, 1.54) is 0 Å². The van der Waals surface area contributed by atoms with Crippen LogP contribution in [0.15, 0.2) is 33.5 Å². The maximum absolute atomic E-state index is 11.6. The molecule has 1 N–H and O–H groups in total. The summed E-state index contributed by atoms with van der Waals surface area (Å²) in [5.41, 5.74) is 2.81. The van der Waals surface area contributed by atoms with E-state index in [2.05, 4.69) is 32.8 Å². The molecule has 0 saturated carbocycles. The van der Waals surface area contributed by atoms with Gasteiger partial charge in [-0.15, -0.1) is 0 Å². The van der Waals surface area contributed by atoms with Crippen LogP contribution in [0, 0.1) is 6.92 Å². The van der Waals surface area contributed by atoms with Gasteiger partial charge in [0.1, 0.15) is 5.82 Å². The zero-order valence-electron chi connectivity index (χ0n) is 10.5. The molecule has 2 aromatic rings. The van der Waals surface area contributed by atoms with Gasteiger partial charge in [-0.3, -0.25) is 4.79 Å². The second kappa shape index (κ2) is 5.48. The third-order valence-corrected chi connectivity index (χ3v) is 3.62. The van der Waals surface area contributed by atoms with Crippen LogP contribution in [0.5, 0.6) is 0 Å². The van der Waals surface area contributed by atoms with Crippen molar-refractivity contribution in [2.45, 2.75) is 26.7 Å². The fourth-order valence-electron chi connectivity index (χ4n) is 1.82. The minimum atomic E-state index is -0.0935. The van der Waals surface area contributed by atoms with Crippen LogP contribution < -0.4 is 5.56 Å². The maximum atomic E-state index is 11.6. The Bertz CT molecular complexity index is 619. The number of aryl methyl sites for hydroxylation is 2. The molecule has 2 rings (SSSR count). The summed E-state index contributed by atoms with van der Waals surface area (Å²) in [4.78, 5) is 18.9. The average molecular weight is 307 g/mol. The van der Waals surface area contributed by atoms with Crippen molar-refractivity contribution in [2.24, 2.45) is 0 Å². The summed E-state index contributed by atoms with van der Waals surface area (Å²) in [6.07, 6.45) is 1.81. The Balaban J connectivity index is 2.49. The van der Waals surface area contributed by atoms with E-state index in [0.717, 1.165) is 34.1 Å². The smallest absolute Gasteiger partial charge is 0.251 e. The van der Waals surface area contributed by atoms with Gasteiger partial charge in [-0.05, 0) is 31.0 Å². The first-order chi connectivity index (χ1) is 8.60. The molecule has 0 fully saturated rings. The SMILES string of the molecule is CCCc1cc(=O)[nH]c(-c2ccc(Br)c(C)c2)n1. The van der Waals surface area contributed by atoms with Crippen molar-refractivity contribution < 1.29 is 0 Å². The van der Waals surface area contributed by atoms with Crippen LogP contribution in [-0.2, 0) is 6.42 Å². The van der Waals surface area contributed by atoms with Crippen molar-refractivity contribution in [1.82, 2.24) is 9.97 Å². The molecule has 1 heterocycles. The van der Waals surface area contributed by atoms with E-state index < -0.39 is 0 Å². The molecule has 0 atom stereocenters. The fraction of sp³-hybridized carbons (Fsp3) is 0.286. The van der Waals surface area contributed by atoms with Gasteiger partial charge in [0.05, 0.1) is 0 Å². The van der Waals surface area contributed by atoms with Crippen molar-refractivity contribution >= 4 is 15.9 Å². The molecule has 4 heteroatoms. The number of halogens is 1. The Morgan fingerprint density at radius 3 is 2.78 bits per heavy atom. The van der Waals surface area contributed by atoms with E-state index in [1.807, 2.05) is 25.1 Å². The van der Waals surface area contributed by atoms with Crippen molar-refractivity contribution in [3.8, 4) is 11.4 Å². The summed E-state index contributed by atoms with van der Waals surface area (Å²) in [6, 6.07) is 7.50. The van der Waals surface area contributed by atoms with Crippen LogP contribution in [0.25, 0.3) is 11.4 Å². The maximum Gasteiger partial charge on any atom is 0.251 e. The number of hydrogen-bond donors (Lipinski definition) is 1. The van der Waals surface area contributed by atoms with Crippen molar-refractivity contribution in [3.05, 3.63) is 50.3 Å². The fourth-order valence-corrected chi connectivity index (χ4v) is 2.07. The van der Waals surface area contributed by atoms with Crippen LogP contribution in [0.2, 0.25) is 0 Å². The lowest BCUT2D eigenvalue weighted by Gasteiger charge is -2.05. The number of hydrogen-bond acceptors (Lipinski definition) is 2. The Morgan fingerprint density at radius 2 is 2.11 bits per heavy atom. The summed E-state index contributed by atoms with van der Waals surface area (Å²) in [6.45, 7) is 4.09. The van der Waals surface area contributed by atoms with Gasteiger partial charge >= 0.3 is 0 Å². The predicted octanol–water partition coefficient (Wildman–Crippen LogP) is 3.46. The van der Waals surface area contributed by atoms with Crippen LogP contribution in [-0.4, -0.2) is 9.97 Å². The number of aromatic amines is 1. The molecule has 1 aromatic heterocycles. The molecule has 0 radical (unpaired) electrons. The summed E-state index contributed by atoms with van der Waals surface area (Å²) < 4.78 is 1.05. The summed E-state index contributed by atoms with van der Waals surface area (Å²) in [5, 5.41) is 0. The van der Waals surface area contributed by atoms with Crippen LogP contribution in [0.3, 0.4) is 0 Å². The molecule has 0 saturated heterocycles. The molecule has 0 aliphatic heterocycles. The lowest BCUT2D eigenvalue weighted by atomic mass is 10.1. The molecule has 1 aromatic carbocycles. The third kappa shape index (κ3) is 2.88. The lowest BCUT2D eigenvalue weighted by Crippen LogP contribution is -2.10. The van der Waals surface area contributed by atoms with Gasteiger partial charge in [0, 0.05) is 21.8 Å². The van der Waals surface area contributed by atoms with Gasteiger partial charge in [0.25, 0.3) is 5.56 Å². The molecule has 0 spiro atoms. The molecular formula is C14H15BrN2O. The number of aromatic nitrogens is 2. The van der Waals surface area contributed by atoms with Gasteiger partial charge in [0.15, 0.2) is 0 Å². The Kier molecular flexibility index (Phi) is 3.97. The molecule has 18 heavy (non-hydrogen) atoms. The normalized spacial score (nSPS) is 10.6. The van der Waals surface area contributed by atoms with Gasteiger partial charge < -0.3 is 4.98 Å². The highest BCUT2D eigenvalue weighted by molar-refractivity contribution is 9.10. The average Bonchev–Trinajstić information content (AvgIpc) is 2.32. The molecule has 0 bridgehead atoms. The van der Waals surface area contributed by atoms with Crippen molar-refractivity contribution in [3.63, 3.8) is 0 Å². The van der Waals surface area contributed by atoms with E-state index in [9.17, 15) is 4.79 Å². The van der Waals surface area contributed by atoms with E-state index in [-0.39, 0.29) is 5.56 Å². The van der Waals surface area contributed by atoms with Gasteiger partial charge in [-0.25, -0.2) is 4.98 Å². The summed E-state index contributed by atoms with van der Waals surface area (Å²) >= 11 is 3.46. The lowest BCUT2D eigenvalue weighted by molar-refractivity contribution is 0.869. The Hall–Kier alpha value is -1.42. The van der Waals surface area contributed by atoms with E-state index >= 15 is 0 Å². The minimum absolute atomic E-state index is 0.0935. The quantitative estimate of drug-likeness (QED) is 0.944. The monoisotopic (exact) mass is 306 g/mol. The highest BCUT2D eigenvalue weighted by atomic mass is 79.9. The molecule has 0 amide bonds. The molecule has 0 aliphatic rings. The van der Waals surface area contributed by atoms with Gasteiger partial charge in [0.2, 0.25) is 0 Å². The Morgan fingerprint density at radius 1 is 1.33 bits per heavy atom. The second-order valence-corrected chi connectivity index (χ2v) is 5.15. The van der Waals surface area contributed by atoms with E-state index in [4.69, 9.17) is 0 Å². The molecule has 94 valence electrons. The van der Waals surface area contributed by atoms with Crippen LogP contribution >= 0.6 is 15.9 Å². The first-order valence-electron chi connectivity index (χ1n) is 5.97. The zero-order valence-corrected chi connectivity index (χ0v) is 12.0. The zero-order chi connectivity index (χ0) is 13.1. The van der Waals surface area contributed by atoms with Crippen LogP contribution in [0.4, 0.5) is 0 Å². The molecule has 3 nitrogen and oxygen atoms in total. The standard InChI is InChI=1S/C14H15BrN2O/c1-3-4-11-8-13(18)17-14(16-11)10-5-6-12(15)9(2)7-10/h5-8H,3-4H2,1-2H3,(H,16,17,18). The number of nitrogens with zero attached hydrogens (tertiary/aromatic N) is 1. The van der Waals surface area contributed by atoms with Crippen molar-refractivity contribution in [1.29, 1.82) is 0 Å². The minimum Gasteiger partial charge on any atom is -0.307 e. The first-order valence-corrected chi connectivity index (χ1v) is 6.76. The molecule has 0 unspecified atom stereocenters. The first kappa shape index (κ1) is 13.0. The van der Waals surface area contributed by atoms with Crippen LogP contribution in [0.1, 0.15) is 24.6 Å². The predicted molar refractivity (Wildman–Crippen MR) is 76.7 cm³/mol. The highest BCUT2D eigenvalue weighted by Crippen LogP contribution is 2.22. The van der Waals surface area contributed by atoms with E-state index in [1.54, 1.807) is 6.07 Å². The Labute approximate surface area is 114 Å². The van der Waals surface area contributed by atoms with Crippen molar-refractivity contribution in [2.75, 3.05) is 0 Å². The number of H-pyrrole nitrogens is 1. The molecular weight excluding hydrogens is 292 g/mol. The topological polar surface area (TPSA) is 45.8 Å². The second-order valence-electron chi connectivity index (χ2n) is 4.30. The largest absolute Gasteiger partial charge is 0.307 e. The third-order valence-electron chi connectivity index (χ3n) is 2.73. The van der Waals surface area contributed by atoms with Gasteiger partial charge in [-0.1, -0.05) is 35.3 Å². The number of nitrogens with one attached hydrogen (secondary N) is 1. The summed E-state index contributed by atoms with van der Waals surface area (Å²) in [7, 11) is 0. The summed E-state index contributed by atoms with van der Waals surface area (Å²) in [5.74, 6) is 0.640. The van der Waals surface area contributed by atoms with Gasteiger partial charge in [-0.2, -0.15) is 0 Å². The molecule has 0 aliphatic carbocycles. The van der Waals surface area contributed by atoms with E-state index in [0.29, 0.717) is 5.82 Å². The number of benzene rings is 1.